The highest BCUT2D eigenvalue weighted by atomic mass is 35.5. The average Bonchev–Trinajstić information content (AvgIpc) is 2.18. The molecule has 0 spiro atoms. The van der Waals surface area contributed by atoms with Gasteiger partial charge in [-0.15, -0.1) is 0 Å². The van der Waals surface area contributed by atoms with E-state index in [2.05, 4.69) is 15.3 Å². The number of carbonyl (C=O) groups excluding carboxylic acids is 1. The van der Waals surface area contributed by atoms with Crippen LogP contribution in [0, 0.1) is 0 Å². The molecular formula is C9H12ClN3O2. The van der Waals surface area contributed by atoms with Crippen LogP contribution in [0.5, 0.6) is 0 Å². The molecule has 1 aromatic heterocycles. The molecule has 0 aliphatic carbocycles. The Morgan fingerprint density at radius 1 is 1.60 bits per heavy atom. The van der Waals surface area contributed by atoms with Crippen LogP contribution >= 0.6 is 11.6 Å². The minimum absolute atomic E-state index is 0.0159. The van der Waals surface area contributed by atoms with Crippen LogP contribution in [0.4, 0.5) is 5.82 Å². The molecule has 1 rings (SSSR count). The summed E-state index contributed by atoms with van der Waals surface area (Å²) in [5, 5.41) is 2.76. The summed E-state index contributed by atoms with van der Waals surface area (Å²) >= 11 is 5.60. The normalized spacial score (nSPS) is 10.0. The first-order chi connectivity index (χ1) is 7.22. The summed E-state index contributed by atoms with van der Waals surface area (Å²) in [7, 11) is 0. The van der Waals surface area contributed by atoms with E-state index >= 15 is 0 Å². The Bertz CT molecular complexity index is 333. The van der Waals surface area contributed by atoms with Crippen LogP contribution in [-0.4, -0.2) is 29.1 Å². The number of nitrogens with zero attached hydrogens (tertiary/aromatic N) is 2. The summed E-state index contributed by atoms with van der Waals surface area (Å²) in [4.78, 5) is 18.9. The summed E-state index contributed by atoms with van der Waals surface area (Å²) in [6.07, 6.45) is 3.69. The second kappa shape index (κ2) is 6.31. The molecule has 0 aromatic carbocycles. The molecule has 0 aliphatic heterocycles. The van der Waals surface area contributed by atoms with Crippen molar-refractivity contribution in [1.29, 1.82) is 0 Å². The highest BCUT2D eigenvalue weighted by Gasteiger charge is 2.03. The first kappa shape index (κ1) is 11.9. The van der Waals surface area contributed by atoms with Gasteiger partial charge < -0.3 is 10.1 Å². The molecule has 0 saturated heterocycles. The van der Waals surface area contributed by atoms with Gasteiger partial charge in [-0.2, -0.15) is 0 Å². The molecule has 1 amide bonds. The number of amides is 1. The van der Waals surface area contributed by atoms with Crippen LogP contribution < -0.4 is 5.32 Å². The molecule has 0 bridgehead atoms. The molecule has 6 heteroatoms. The minimum Gasteiger partial charge on any atom is -0.372 e. The van der Waals surface area contributed by atoms with Crippen LogP contribution in [0.25, 0.3) is 0 Å². The van der Waals surface area contributed by atoms with E-state index in [4.69, 9.17) is 16.3 Å². The minimum atomic E-state index is -0.264. The standard InChI is InChI=1S/C9H12ClN3O2/c1-2-3-15-6-9(14)13-8-5-11-4-7(10)12-8/h4-5H,2-3,6H2,1H3,(H,12,13,14). The summed E-state index contributed by atoms with van der Waals surface area (Å²) in [6.45, 7) is 2.55. The van der Waals surface area contributed by atoms with Crippen LogP contribution in [0.1, 0.15) is 13.3 Å². The molecule has 0 fully saturated rings. The van der Waals surface area contributed by atoms with Gasteiger partial charge in [0.2, 0.25) is 0 Å². The number of halogens is 1. The van der Waals surface area contributed by atoms with Crippen LogP contribution in [0.2, 0.25) is 5.15 Å². The van der Waals surface area contributed by atoms with Gasteiger partial charge in [0.1, 0.15) is 11.8 Å². The van der Waals surface area contributed by atoms with Crippen molar-refractivity contribution in [2.75, 3.05) is 18.5 Å². The second-order valence-corrected chi connectivity index (χ2v) is 3.22. The fourth-order valence-electron chi connectivity index (χ4n) is 0.891. The van der Waals surface area contributed by atoms with E-state index in [1.807, 2.05) is 6.92 Å². The van der Waals surface area contributed by atoms with Crippen molar-refractivity contribution in [3.05, 3.63) is 17.5 Å². The Hall–Kier alpha value is -1.20. The van der Waals surface area contributed by atoms with E-state index < -0.39 is 0 Å². The number of anilines is 1. The van der Waals surface area contributed by atoms with Gasteiger partial charge in [-0.3, -0.25) is 9.78 Å². The zero-order chi connectivity index (χ0) is 11.1. The third kappa shape index (κ3) is 4.71. The van der Waals surface area contributed by atoms with Gasteiger partial charge in [0, 0.05) is 6.61 Å². The third-order valence-electron chi connectivity index (χ3n) is 1.45. The average molecular weight is 230 g/mol. The van der Waals surface area contributed by atoms with E-state index in [1.165, 1.54) is 12.4 Å². The molecule has 0 radical (unpaired) electrons. The van der Waals surface area contributed by atoms with Gasteiger partial charge in [-0.05, 0) is 6.42 Å². The predicted molar refractivity (Wildman–Crippen MR) is 56.8 cm³/mol. The molecule has 0 aliphatic rings. The van der Waals surface area contributed by atoms with E-state index in [0.717, 1.165) is 6.42 Å². The fourth-order valence-corrected chi connectivity index (χ4v) is 1.04. The molecule has 1 aromatic rings. The first-order valence-corrected chi connectivity index (χ1v) is 4.95. The molecule has 15 heavy (non-hydrogen) atoms. The SMILES string of the molecule is CCCOCC(=O)Nc1cncc(Cl)n1. The Balaban J connectivity index is 2.37. The maximum atomic E-state index is 11.3. The molecule has 1 heterocycles. The zero-order valence-electron chi connectivity index (χ0n) is 8.36. The van der Waals surface area contributed by atoms with Gasteiger partial charge in [-0.1, -0.05) is 18.5 Å². The largest absolute Gasteiger partial charge is 0.372 e. The first-order valence-electron chi connectivity index (χ1n) is 4.57. The molecular weight excluding hydrogens is 218 g/mol. The zero-order valence-corrected chi connectivity index (χ0v) is 9.12. The quantitative estimate of drug-likeness (QED) is 0.777. The monoisotopic (exact) mass is 229 g/mol. The number of carbonyl (C=O) groups is 1. The van der Waals surface area contributed by atoms with Gasteiger partial charge in [0.05, 0.1) is 12.4 Å². The van der Waals surface area contributed by atoms with Crippen LogP contribution in [-0.2, 0) is 9.53 Å². The lowest BCUT2D eigenvalue weighted by Gasteiger charge is -2.04. The Labute approximate surface area is 92.8 Å². The van der Waals surface area contributed by atoms with E-state index in [0.29, 0.717) is 12.4 Å². The number of hydrogen-bond acceptors (Lipinski definition) is 4. The van der Waals surface area contributed by atoms with E-state index in [1.54, 1.807) is 0 Å². The van der Waals surface area contributed by atoms with E-state index in [-0.39, 0.29) is 17.7 Å². The molecule has 82 valence electrons. The lowest BCUT2D eigenvalue weighted by Crippen LogP contribution is -2.19. The van der Waals surface area contributed by atoms with Crippen LogP contribution in [0.15, 0.2) is 12.4 Å². The lowest BCUT2D eigenvalue weighted by molar-refractivity contribution is -0.120. The summed E-state index contributed by atoms with van der Waals surface area (Å²) in [5.74, 6) is 0.0626. The van der Waals surface area contributed by atoms with Gasteiger partial charge in [0.25, 0.3) is 5.91 Å². The number of hydrogen-bond donors (Lipinski definition) is 1. The maximum Gasteiger partial charge on any atom is 0.251 e. The number of ether oxygens (including phenoxy) is 1. The second-order valence-electron chi connectivity index (χ2n) is 2.83. The highest BCUT2D eigenvalue weighted by Crippen LogP contribution is 2.06. The topological polar surface area (TPSA) is 64.1 Å². The summed E-state index contributed by atoms with van der Waals surface area (Å²) in [6, 6.07) is 0. The molecule has 1 N–H and O–H groups in total. The van der Waals surface area contributed by atoms with Crippen molar-refractivity contribution < 1.29 is 9.53 Å². The Kier molecular flexibility index (Phi) is 5.00. The van der Waals surface area contributed by atoms with Crippen molar-refractivity contribution in [3.63, 3.8) is 0 Å². The highest BCUT2D eigenvalue weighted by molar-refractivity contribution is 6.29. The predicted octanol–water partition coefficient (Wildman–Crippen LogP) is 1.50. The number of rotatable bonds is 5. The fraction of sp³-hybridized carbons (Fsp3) is 0.444. The van der Waals surface area contributed by atoms with Gasteiger partial charge >= 0.3 is 0 Å². The van der Waals surface area contributed by atoms with Crippen molar-refractivity contribution in [2.45, 2.75) is 13.3 Å². The lowest BCUT2D eigenvalue weighted by atomic mass is 10.5. The molecule has 0 unspecified atom stereocenters. The van der Waals surface area contributed by atoms with Crippen molar-refractivity contribution in [1.82, 2.24) is 9.97 Å². The molecule has 0 atom stereocenters. The third-order valence-corrected chi connectivity index (χ3v) is 1.64. The van der Waals surface area contributed by atoms with Crippen LogP contribution in [0.3, 0.4) is 0 Å². The van der Waals surface area contributed by atoms with Gasteiger partial charge in [0.15, 0.2) is 5.82 Å². The van der Waals surface area contributed by atoms with Crippen molar-refractivity contribution in [3.8, 4) is 0 Å². The summed E-state index contributed by atoms with van der Waals surface area (Å²) < 4.78 is 5.05. The van der Waals surface area contributed by atoms with Gasteiger partial charge in [-0.25, -0.2) is 4.98 Å². The summed E-state index contributed by atoms with van der Waals surface area (Å²) in [5.41, 5.74) is 0. The number of aromatic nitrogens is 2. The van der Waals surface area contributed by atoms with Crippen molar-refractivity contribution in [2.24, 2.45) is 0 Å². The smallest absolute Gasteiger partial charge is 0.251 e. The maximum absolute atomic E-state index is 11.3. The molecule has 0 saturated carbocycles. The van der Waals surface area contributed by atoms with E-state index in [9.17, 15) is 4.79 Å². The Morgan fingerprint density at radius 3 is 3.07 bits per heavy atom. The number of nitrogens with one attached hydrogen (secondary N) is 1. The molecule has 5 nitrogen and oxygen atoms in total. The Morgan fingerprint density at radius 2 is 2.40 bits per heavy atom. The van der Waals surface area contributed by atoms with Crippen molar-refractivity contribution >= 4 is 23.3 Å².